The summed E-state index contributed by atoms with van der Waals surface area (Å²) in [5.74, 6) is 0. The molecule has 18 heavy (non-hydrogen) atoms. The molecule has 5 heteroatoms. The number of hydrogen-bond acceptors (Lipinski definition) is 3. The third kappa shape index (κ3) is 5.23. The fourth-order valence-corrected chi connectivity index (χ4v) is 2.48. The average Bonchev–Trinajstić information content (AvgIpc) is 2.29. The number of nitrogens with zero attached hydrogens (tertiary/aromatic N) is 1. The average molecular weight is 257 g/mol. The minimum Gasteiger partial charge on any atom is -0.396 e. The van der Waals surface area contributed by atoms with E-state index < -0.39 is 0 Å². The smallest absolute Gasteiger partial charge is 0.315 e. The summed E-state index contributed by atoms with van der Waals surface area (Å²) >= 11 is 0. The van der Waals surface area contributed by atoms with Gasteiger partial charge in [-0.25, -0.2) is 4.79 Å². The fourth-order valence-electron chi connectivity index (χ4n) is 2.48. The number of rotatable bonds is 5. The Balaban J connectivity index is 2.30. The SMILES string of the molecule is C[C@H](CCO)NC(=O)NC1CCCC(N(C)C)C1. The van der Waals surface area contributed by atoms with E-state index in [4.69, 9.17) is 5.11 Å². The summed E-state index contributed by atoms with van der Waals surface area (Å²) in [6.07, 6.45) is 5.06. The lowest BCUT2D eigenvalue weighted by Gasteiger charge is -2.33. The third-order valence-corrected chi connectivity index (χ3v) is 3.65. The Kier molecular flexibility index (Phi) is 6.43. The number of hydrogen-bond donors (Lipinski definition) is 3. The number of carbonyl (C=O) groups is 1. The molecule has 0 radical (unpaired) electrons. The molecule has 0 bridgehead atoms. The minimum absolute atomic E-state index is 0.0169. The van der Waals surface area contributed by atoms with Gasteiger partial charge in [-0.15, -0.1) is 0 Å². The van der Waals surface area contributed by atoms with E-state index >= 15 is 0 Å². The van der Waals surface area contributed by atoms with Gasteiger partial charge in [-0.2, -0.15) is 0 Å². The van der Waals surface area contributed by atoms with Gasteiger partial charge < -0.3 is 20.6 Å². The zero-order chi connectivity index (χ0) is 13.5. The summed E-state index contributed by atoms with van der Waals surface area (Å²) < 4.78 is 0. The molecule has 3 N–H and O–H groups in total. The van der Waals surface area contributed by atoms with Crippen LogP contribution in [0.2, 0.25) is 0 Å². The summed E-state index contributed by atoms with van der Waals surface area (Å²) in [7, 11) is 4.19. The molecular weight excluding hydrogens is 230 g/mol. The zero-order valence-corrected chi connectivity index (χ0v) is 11.8. The predicted octanol–water partition coefficient (Wildman–Crippen LogP) is 0.929. The highest BCUT2D eigenvalue weighted by Gasteiger charge is 2.24. The standard InChI is InChI=1S/C13H27N3O2/c1-10(7-8-17)14-13(18)15-11-5-4-6-12(9-11)16(2)3/h10-12,17H,4-9H2,1-3H3,(H2,14,15,18)/t10-,11?,12?/m1/s1. The molecular formula is C13H27N3O2. The van der Waals surface area contributed by atoms with Crippen molar-refractivity contribution >= 4 is 6.03 Å². The van der Waals surface area contributed by atoms with Crippen LogP contribution in [0.15, 0.2) is 0 Å². The van der Waals surface area contributed by atoms with E-state index in [1.165, 1.54) is 12.8 Å². The van der Waals surface area contributed by atoms with Crippen LogP contribution >= 0.6 is 0 Å². The molecule has 1 rings (SSSR count). The van der Waals surface area contributed by atoms with Crippen LogP contribution in [0.5, 0.6) is 0 Å². The molecule has 0 aromatic heterocycles. The largest absolute Gasteiger partial charge is 0.396 e. The molecule has 1 aliphatic rings. The van der Waals surface area contributed by atoms with Crippen molar-refractivity contribution in [3.8, 4) is 0 Å². The van der Waals surface area contributed by atoms with Crippen molar-refractivity contribution in [2.45, 2.75) is 57.2 Å². The van der Waals surface area contributed by atoms with Gasteiger partial charge in [0.25, 0.3) is 0 Å². The van der Waals surface area contributed by atoms with Crippen LogP contribution in [0.1, 0.15) is 39.0 Å². The van der Waals surface area contributed by atoms with E-state index in [0.717, 1.165) is 12.8 Å². The summed E-state index contributed by atoms with van der Waals surface area (Å²) in [5, 5.41) is 14.7. The Morgan fingerprint density at radius 3 is 2.78 bits per heavy atom. The van der Waals surface area contributed by atoms with Crippen molar-refractivity contribution in [3.63, 3.8) is 0 Å². The van der Waals surface area contributed by atoms with E-state index in [-0.39, 0.29) is 24.7 Å². The molecule has 1 aliphatic carbocycles. The van der Waals surface area contributed by atoms with Gasteiger partial charge in [0.1, 0.15) is 0 Å². The van der Waals surface area contributed by atoms with Gasteiger partial charge in [0.05, 0.1) is 0 Å². The second-order valence-electron chi connectivity index (χ2n) is 5.51. The summed E-state index contributed by atoms with van der Waals surface area (Å²) in [6.45, 7) is 2.01. The first-order chi connectivity index (χ1) is 8.52. The Morgan fingerprint density at radius 1 is 1.44 bits per heavy atom. The first-order valence-corrected chi connectivity index (χ1v) is 6.87. The lowest BCUT2D eigenvalue weighted by atomic mass is 9.90. The molecule has 3 atom stereocenters. The van der Waals surface area contributed by atoms with Crippen LogP contribution in [0, 0.1) is 0 Å². The van der Waals surface area contributed by atoms with E-state index in [1.807, 2.05) is 6.92 Å². The van der Waals surface area contributed by atoms with Gasteiger partial charge >= 0.3 is 6.03 Å². The highest BCUT2D eigenvalue weighted by atomic mass is 16.3. The highest BCUT2D eigenvalue weighted by Crippen LogP contribution is 2.21. The van der Waals surface area contributed by atoms with Crippen LogP contribution in [-0.4, -0.2) is 54.9 Å². The molecule has 0 heterocycles. The van der Waals surface area contributed by atoms with Gasteiger partial charge in [0, 0.05) is 24.7 Å². The molecule has 1 saturated carbocycles. The fraction of sp³-hybridized carbons (Fsp3) is 0.923. The van der Waals surface area contributed by atoms with Crippen LogP contribution in [0.25, 0.3) is 0 Å². The van der Waals surface area contributed by atoms with Crippen LogP contribution < -0.4 is 10.6 Å². The van der Waals surface area contributed by atoms with Crippen molar-refractivity contribution in [1.29, 1.82) is 0 Å². The van der Waals surface area contributed by atoms with Crippen molar-refractivity contribution in [3.05, 3.63) is 0 Å². The van der Waals surface area contributed by atoms with E-state index in [0.29, 0.717) is 12.5 Å². The molecule has 0 spiro atoms. The second-order valence-corrected chi connectivity index (χ2v) is 5.51. The summed E-state index contributed by atoms with van der Waals surface area (Å²) in [4.78, 5) is 14.0. The van der Waals surface area contributed by atoms with Crippen LogP contribution in [0.3, 0.4) is 0 Å². The van der Waals surface area contributed by atoms with Crippen molar-refractivity contribution < 1.29 is 9.90 Å². The quantitative estimate of drug-likeness (QED) is 0.686. The number of aliphatic hydroxyl groups excluding tert-OH is 1. The minimum atomic E-state index is -0.111. The first-order valence-electron chi connectivity index (χ1n) is 6.87. The number of aliphatic hydroxyl groups is 1. The van der Waals surface area contributed by atoms with Gasteiger partial charge in [-0.05, 0) is 53.1 Å². The summed E-state index contributed by atoms with van der Waals surface area (Å²) in [6, 6.07) is 0.745. The molecule has 106 valence electrons. The maximum absolute atomic E-state index is 11.8. The molecule has 1 fully saturated rings. The molecule has 0 aromatic carbocycles. The summed E-state index contributed by atoms with van der Waals surface area (Å²) in [5.41, 5.74) is 0. The van der Waals surface area contributed by atoms with Gasteiger partial charge in [0.15, 0.2) is 0 Å². The molecule has 0 saturated heterocycles. The first kappa shape index (κ1) is 15.2. The molecule has 5 nitrogen and oxygen atoms in total. The van der Waals surface area contributed by atoms with Crippen LogP contribution in [0.4, 0.5) is 4.79 Å². The molecule has 2 amide bonds. The Morgan fingerprint density at radius 2 is 2.17 bits per heavy atom. The van der Waals surface area contributed by atoms with Crippen LogP contribution in [-0.2, 0) is 0 Å². The van der Waals surface area contributed by atoms with E-state index in [1.54, 1.807) is 0 Å². The highest BCUT2D eigenvalue weighted by molar-refractivity contribution is 5.74. The maximum Gasteiger partial charge on any atom is 0.315 e. The van der Waals surface area contributed by atoms with Gasteiger partial charge in [-0.1, -0.05) is 0 Å². The predicted molar refractivity (Wildman–Crippen MR) is 72.6 cm³/mol. The Hall–Kier alpha value is -0.810. The monoisotopic (exact) mass is 257 g/mol. The van der Waals surface area contributed by atoms with Crippen molar-refractivity contribution in [2.75, 3.05) is 20.7 Å². The lowest BCUT2D eigenvalue weighted by molar-refractivity contribution is 0.191. The Bertz CT molecular complexity index is 259. The second kappa shape index (κ2) is 7.59. The number of carbonyl (C=O) groups excluding carboxylic acids is 1. The number of urea groups is 1. The topological polar surface area (TPSA) is 64.6 Å². The molecule has 0 aliphatic heterocycles. The number of amides is 2. The molecule has 2 unspecified atom stereocenters. The van der Waals surface area contributed by atoms with Gasteiger partial charge in [0.2, 0.25) is 0 Å². The normalized spacial score (nSPS) is 25.8. The third-order valence-electron chi connectivity index (χ3n) is 3.65. The van der Waals surface area contributed by atoms with Gasteiger partial charge in [-0.3, -0.25) is 0 Å². The maximum atomic E-state index is 11.8. The van der Waals surface area contributed by atoms with Crippen molar-refractivity contribution in [2.24, 2.45) is 0 Å². The van der Waals surface area contributed by atoms with E-state index in [2.05, 4.69) is 29.6 Å². The van der Waals surface area contributed by atoms with Crippen molar-refractivity contribution in [1.82, 2.24) is 15.5 Å². The molecule has 0 aromatic rings. The van der Waals surface area contributed by atoms with E-state index in [9.17, 15) is 4.79 Å². The zero-order valence-electron chi connectivity index (χ0n) is 11.8. The Labute approximate surface area is 110 Å². The lowest BCUT2D eigenvalue weighted by Crippen LogP contribution is -2.49. The number of nitrogens with one attached hydrogen (secondary N) is 2.